The summed E-state index contributed by atoms with van der Waals surface area (Å²) in [5.74, 6) is -0.637. The van der Waals surface area contributed by atoms with Crippen LogP contribution in [0.15, 0.2) is 11.6 Å². The Morgan fingerprint density at radius 1 is 1.00 bits per heavy atom. The van der Waals surface area contributed by atoms with E-state index in [9.17, 15) is 9.59 Å². The average molecular weight is 214 g/mol. The summed E-state index contributed by atoms with van der Waals surface area (Å²) in [7, 11) is 0. The van der Waals surface area contributed by atoms with Gasteiger partial charge in [-0.15, -0.1) is 0 Å². The Morgan fingerprint density at radius 2 is 1.40 bits per heavy atom. The van der Waals surface area contributed by atoms with Crippen molar-refractivity contribution in [1.82, 2.24) is 0 Å². The second-order valence-electron chi connectivity index (χ2n) is 3.65. The van der Waals surface area contributed by atoms with Gasteiger partial charge in [0.1, 0.15) is 0 Å². The van der Waals surface area contributed by atoms with E-state index >= 15 is 0 Å². The second kappa shape index (κ2) is 6.22. The normalized spacial score (nSPS) is 11.8. The minimum atomic E-state index is -0.914. The molecule has 0 aliphatic rings. The van der Waals surface area contributed by atoms with Crippen LogP contribution in [0.5, 0.6) is 0 Å². The van der Waals surface area contributed by atoms with E-state index < -0.39 is 18.2 Å². The van der Waals surface area contributed by atoms with Gasteiger partial charge >= 0.3 is 11.9 Å². The van der Waals surface area contributed by atoms with Crippen LogP contribution in [-0.2, 0) is 19.1 Å². The summed E-state index contributed by atoms with van der Waals surface area (Å²) in [6.07, 6.45) is 0.718. The number of esters is 2. The number of carbonyl (C=O) groups excluding carboxylic acids is 2. The molecule has 86 valence electrons. The highest BCUT2D eigenvalue weighted by Crippen LogP contribution is 2.11. The average Bonchev–Trinajstić information content (AvgIpc) is 2.00. The van der Waals surface area contributed by atoms with E-state index in [1.807, 2.05) is 20.8 Å². The zero-order valence-electron chi connectivity index (χ0n) is 9.87. The van der Waals surface area contributed by atoms with Gasteiger partial charge in [-0.25, -0.2) is 0 Å². The molecule has 0 fully saturated rings. The number of allylic oxidation sites excluding steroid dienone is 1. The first-order chi connectivity index (χ1) is 6.82. The van der Waals surface area contributed by atoms with Crippen molar-refractivity contribution in [2.75, 3.05) is 0 Å². The van der Waals surface area contributed by atoms with Crippen LogP contribution in [0.3, 0.4) is 0 Å². The Morgan fingerprint density at radius 3 is 1.67 bits per heavy atom. The van der Waals surface area contributed by atoms with Crippen molar-refractivity contribution in [3.63, 3.8) is 0 Å². The quantitative estimate of drug-likeness (QED) is 0.408. The SMILES string of the molecule is CC(=O)OC(C=C(C)C(C)C)OC(C)=O. The molecule has 0 heterocycles. The smallest absolute Gasteiger partial charge is 0.305 e. The number of carbonyl (C=O) groups is 2. The lowest BCUT2D eigenvalue weighted by Crippen LogP contribution is -2.21. The third-order valence-corrected chi connectivity index (χ3v) is 1.87. The van der Waals surface area contributed by atoms with Gasteiger partial charge in [-0.05, 0) is 18.9 Å². The third kappa shape index (κ3) is 6.71. The minimum Gasteiger partial charge on any atom is -0.421 e. The molecule has 0 radical (unpaired) electrons. The molecular formula is C11H18O4. The molecule has 4 heteroatoms. The first-order valence-electron chi connectivity index (χ1n) is 4.85. The van der Waals surface area contributed by atoms with Crippen LogP contribution in [-0.4, -0.2) is 18.2 Å². The van der Waals surface area contributed by atoms with E-state index in [1.54, 1.807) is 6.08 Å². The van der Waals surface area contributed by atoms with E-state index in [0.717, 1.165) is 5.57 Å². The molecule has 0 aromatic rings. The van der Waals surface area contributed by atoms with E-state index in [2.05, 4.69) is 0 Å². The lowest BCUT2D eigenvalue weighted by Gasteiger charge is -2.15. The monoisotopic (exact) mass is 214 g/mol. The predicted molar refractivity (Wildman–Crippen MR) is 55.9 cm³/mol. The Hall–Kier alpha value is -1.32. The predicted octanol–water partition coefficient (Wildman–Crippen LogP) is 2.04. The van der Waals surface area contributed by atoms with Crippen molar-refractivity contribution in [1.29, 1.82) is 0 Å². The van der Waals surface area contributed by atoms with Crippen LogP contribution in [0.25, 0.3) is 0 Å². The van der Waals surface area contributed by atoms with Crippen LogP contribution in [0, 0.1) is 5.92 Å². The zero-order valence-corrected chi connectivity index (χ0v) is 9.87. The largest absolute Gasteiger partial charge is 0.421 e. The fourth-order valence-corrected chi connectivity index (χ4v) is 0.826. The molecule has 0 amide bonds. The van der Waals surface area contributed by atoms with Gasteiger partial charge in [-0.2, -0.15) is 0 Å². The molecule has 15 heavy (non-hydrogen) atoms. The van der Waals surface area contributed by atoms with Gasteiger partial charge in [0.15, 0.2) is 0 Å². The molecule has 4 nitrogen and oxygen atoms in total. The van der Waals surface area contributed by atoms with Crippen molar-refractivity contribution in [2.45, 2.75) is 40.9 Å². The van der Waals surface area contributed by atoms with Crippen LogP contribution in [0.4, 0.5) is 0 Å². The maximum atomic E-state index is 10.7. The van der Waals surface area contributed by atoms with Crippen molar-refractivity contribution >= 4 is 11.9 Å². The van der Waals surface area contributed by atoms with Crippen LogP contribution in [0.2, 0.25) is 0 Å². The van der Waals surface area contributed by atoms with E-state index in [0.29, 0.717) is 5.92 Å². The standard InChI is InChI=1S/C11H18O4/c1-7(2)8(3)6-11(14-9(4)12)15-10(5)13/h6-7,11H,1-5H3. The van der Waals surface area contributed by atoms with E-state index in [1.165, 1.54) is 13.8 Å². The fraction of sp³-hybridized carbons (Fsp3) is 0.636. The molecule has 0 N–H and O–H groups in total. The highest BCUT2D eigenvalue weighted by Gasteiger charge is 2.13. The van der Waals surface area contributed by atoms with E-state index in [4.69, 9.17) is 9.47 Å². The van der Waals surface area contributed by atoms with Gasteiger partial charge in [0.25, 0.3) is 6.29 Å². The van der Waals surface area contributed by atoms with Crippen LogP contribution >= 0.6 is 0 Å². The summed E-state index contributed by atoms with van der Waals surface area (Å²) in [6.45, 7) is 8.45. The highest BCUT2D eigenvalue weighted by atomic mass is 16.7. The van der Waals surface area contributed by atoms with Gasteiger partial charge in [0, 0.05) is 13.8 Å². The summed E-state index contributed by atoms with van der Waals surface area (Å²) in [6, 6.07) is 0. The first kappa shape index (κ1) is 13.7. The molecule has 0 spiro atoms. The van der Waals surface area contributed by atoms with Gasteiger partial charge in [0.05, 0.1) is 0 Å². The molecule has 0 atom stereocenters. The molecular weight excluding hydrogens is 196 g/mol. The number of hydrogen-bond donors (Lipinski definition) is 0. The molecule has 0 saturated heterocycles. The first-order valence-corrected chi connectivity index (χ1v) is 4.85. The Kier molecular flexibility index (Phi) is 5.67. The number of ether oxygens (including phenoxy) is 2. The zero-order chi connectivity index (χ0) is 12.0. The number of hydrogen-bond acceptors (Lipinski definition) is 4. The summed E-state index contributed by atoms with van der Waals surface area (Å²) in [5, 5.41) is 0. The van der Waals surface area contributed by atoms with Gasteiger partial charge in [-0.3, -0.25) is 9.59 Å². The molecule has 0 aliphatic carbocycles. The summed E-state index contributed by atoms with van der Waals surface area (Å²) in [5.41, 5.74) is 1.00. The van der Waals surface area contributed by atoms with Crippen molar-refractivity contribution in [2.24, 2.45) is 5.92 Å². The molecule has 0 unspecified atom stereocenters. The Bertz CT molecular complexity index is 250. The minimum absolute atomic E-state index is 0.318. The number of rotatable bonds is 4. The molecule has 0 aromatic carbocycles. The summed E-state index contributed by atoms with van der Waals surface area (Å²) in [4.78, 5) is 21.5. The van der Waals surface area contributed by atoms with Crippen LogP contribution in [0.1, 0.15) is 34.6 Å². The summed E-state index contributed by atoms with van der Waals surface area (Å²) < 4.78 is 9.65. The van der Waals surface area contributed by atoms with Crippen molar-refractivity contribution in [3.8, 4) is 0 Å². The highest BCUT2D eigenvalue weighted by molar-refractivity contribution is 5.68. The molecule has 0 aromatic heterocycles. The van der Waals surface area contributed by atoms with Gasteiger partial charge in [-0.1, -0.05) is 19.4 Å². The van der Waals surface area contributed by atoms with Gasteiger partial charge in [0.2, 0.25) is 0 Å². The topological polar surface area (TPSA) is 52.6 Å². The fourth-order valence-electron chi connectivity index (χ4n) is 0.826. The van der Waals surface area contributed by atoms with Crippen molar-refractivity contribution in [3.05, 3.63) is 11.6 Å². The van der Waals surface area contributed by atoms with E-state index in [-0.39, 0.29) is 0 Å². The summed E-state index contributed by atoms with van der Waals surface area (Å²) >= 11 is 0. The van der Waals surface area contributed by atoms with Crippen molar-refractivity contribution < 1.29 is 19.1 Å². The lowest BCUT2D eigenvalue weighted by atomic mass is 10.1. The Labute approximate surface area is 90.2 Å². The second-order valence-corrected chi connectivity index (χ2v) is 3.65. The lowest BCUT2D eigenvalue weighted by molar-refractivity contribution is -0.176. The molecule has 0 aliphatic heterocycles. The molecule has 0 saturated carbocycles. The molecule has 0 bridgehead atoms. The maximum Gasteiger partial charge on any atom is 0.305 e. The Balaban J connectivity index is 4.55. The molecule has 0 rings (SSSR count). The third-order valence-electron chi connectivity index (χ3n) is 1.87. The van der Waals surface area contributed by atoms with Crippen LogP contribution < -0.4 is 0 Å². The van der Waals surface area contributed by atoms with Gasteiger partial charge < -0.3 is 9.47 Å². The maximum absolute atomic E-state index is 10.7.